The maximum absolute atomic E-state index is 12.4. The lowest BCUT2D eigenvalue weighted by Crippen LogP contribution is -2.49. The van der Waals surface area contributed by atoms with Gasteiger partial charge >= 0.3 is 5.97 Å². The third kappa shape index (κ3) is 6.14. The zero-order chi connectivity index (χ0) is 23.2. The van der Waals surface area contributed by atoms with Crippen molar-refractivity contribution >= 4 is 29.2 Å². The summed E-state index contributed by atoms with van der Waals surface area (Å²) in [5.74, 6) is 0.485. The van der Waals surface area contributed by atoms with Crippen molar-refractivity contribution in [3.8, 4) is 11.3 Å². The number of carbonyl (C=O) groups is 2. The summed E-state index contributed by atoms with van der Waals surface area (Å²) in [5.41, 5.74) is 3.14. The monoisotopic (exact) mass is 467 g/mol. The van der Waals surface area contributed by atoms with E-state index in [1.165, 1.54) is 5.56 Å². The van der Waals surface area contributed by atoms with Gasteiger partial charge in [0.1, 0.15) is 0 Å². The summed E-state index contributed by atoms with van der Waals surface area (Å²) in [6.07, 6.45) is 2.07. The van der Waals surface area contributed by atoms with Crippen molar-refractivity contribution in [2.24, 2.45) is 0 Å². The Morgan fingerprint density at radius 1 is 1.09 bits per heavy atom. The van der Waals surface area contributed by atoms with E-state index in [1.54, 1.807) is 11.1 Å². The standard InChI is InChI=1S/C25H26ClN3O4/c1-18-5-7-19(8-6-18)22-16-27-23(33-22)9-10-25(31)32-17-24(30)29-13-11-28(12-14-29)21-4-2-3-20(26)15-21/h2-8,15-16H,9-14,17H2,1H3. The van der Waals surface area contributed by atoms with Gasteiger partial charge in [-0.3, -0.25) is 9.59 Å². The Morgan fingerprint density at radius 3 is 2.58 bits per heavy atom. The number of nitrogens with zero attached hydrogens (tertiary/aromatic N) is 3. The van der Waals surface area contributed by atoms with E-state index >= 15 is 0 Å². The molecule has 1 aliphatic rings. The molecule has 1 aliphatic heterocycles. The highest BCUT2D eigenvalue weighted by Gasteiger charge is 2.22. The number of oxazole rings is 1. The molecule has 0 bridgehead atoms. The summed E-state index contributed by atoms with van der Waals surface area (Å²) in [7, 11) is 0. The minimum atomic E-state index is -0.448. The normalized spacial score (nSPS) is 13.8. The molecule has 0 unspecified atom stereocenters. The fraction of sp³-hybridized carbons (Fsp3) is 0.320. The molecule has 1 saturated heterocycles. The summed E-state index contributed by atoms with van der Waals surface area (Å²) in [4.78, 5) is 32.7. The Labute approximate surface area is 197 Å². The molecule has 0 aliphatic carbocycles. The highest BCUT2D eigenvalue weighted by Crippen LogP contribution is 2.22. The molecule has 3 aromatic rings. The van der Waals surface area contributed by atoms with Crippen LogP contribution in [0.15, 0.2) is 59.1 Å². The Bertz CT molecular complexity index is 1100. The SMILES string of the molecule is Cc1ccc(-c2cnc(CCC(=O)OCC(=O)N3CCN(c4cccc(Cl)c4)CC3)o2)cc1. The van der Waals surface area contributed by atoms with Crippen molar-refractivity contribution in [2.75, 3.05) is 37.7 Å². The van der Waals surface area contributed by atoms with Crippen LogP contribution < -0.4 is 4.90 Å². The number of ether oxygens (including phenoxy) is 1. The van der Waals surface area contributed by atoms with Gasteiger partial charge in [0, 0.05) is 48.9 Å². The number of hydrogen-bond donors (Lipinski definition) is 0. The quantitative estimate of drug-likeness (QED) is 0.486. The van der Waals surface area contributed by atoms with Crippen LogP contribution in [0.4, 0.5) is 5.69 Å². The van der Waals surface area contributed by atoms with Crippen LogP contribution in [-0.2, 0) is 20.7 Å². The van der Waals surface area contributed by atoms with Gasteiger partial charge in [0.15, 0.2) is 18.3 Å². The van der Waals surface area contributed by atoms with Crippen LogP contribution in [-0.4, -0.2) is 54.5 Å². The molecule has 1 amide bonds. The van der Waals surface area contributed by atoms with E-state index in [9.17, 15) is 9.59 Å². The van der Waals surface area contributed by atoms with Gasteiger partial charge in [-0.05, 0) is 25.1 Å². The number of aromatic nitrogens is 1. The van der Waals surface area contributed by atoms with E-state index < -0.39 is 5.97 Å². The first kappa shape index (κ1) is 22.9. The Morgan fingerprint density at radius 2 is 1.85 bits per heavy atom. The Balaban J connectivity index is 1.18. The van der Waals surface area contributed by atoms with E-state index in [2.05, 4.69) is 9.88 Å². The van der Waals surface area contributed by atoms with Crippen molar-refractivity contribution in [2.45, 2.75) is 19.8 Å². The summed E-state index contributed by atoms with van der Waals surface area (Å²) in [6.45, 7) is 4.31. The molecule has 0 atom stereocenters. The fourth-order valence-electron chi connectivity index (χ4n) is 3.68. The first-order valence-electron chi connectivity index (χ1n) is 10.9. The van der Waals surface area contributed by atoms with Gasteiger partial charge in [-0.15, -0.1) is 0 Å². The second-order valence-electron chi connectivity index (χ2n) is 7.99. The van der Waals surface area contributed by atoms with Crippen LogP contribution in [0.1, 0.15) is 17.9 Å². The lowest BCUT2D eigenvalue weighted by Gasteiger charge is -2.36. The van der Waals surface area contributed by atoms with Crippen LogP contribution in [0.5, 0.6) is 0 Å². The number of esters is 1. The van der Waals surface area contributed by atoms with Crippen LogP contribution in [0, 0.1) is 6.92 Å². The van der Waals surface area contributed by atoms with E-state index in [-0.39, 0.29) is 18.9 Å². The van der Waals surface area contributed by atoms with Gasteiger partial charge in [0.25, 0.3) is 5.91 Å². The second-order valence-corrected chi connectivity index (χ2v) is 8.43. The molecular weight excluding hydrogens is 442 g/mol. The molecule has 7 nitrogen and oxygen atoms in total. The number of halogens is 1. The fourth-order valence-corrected chi connectivity index (χ4v) is 3.86. The van der Waals surface area contributed by atoms with Crippen molar-refractivity contribution < 1.29 is 18.7 Å². The molecular formula is C25H26ClN3O4. The van der Waals surface area contributed by atoms with Crippen molar-refractivity contribution in [3.63, 3.8) is 0 Å². The highest BCUT2D eigenvalue weighted by molar-refractivity contribution is 6.30. The van der Waals surface area contributed by atoms with E-state index in [0.29, 0.717) is 49.3 Å². The number of benzene rings is 2. The third-order valence-electron chi connectivity index (χ3n) is 5.59. The molecule has 1 fully saturated rings. The van der Waals surface area contributed by atoms with E-state index in [4.69, 9.17) is 20.8 Å². The van der Waals surface area contributed by atoms with Gasteiger partial charge in [-0.25, -0.2) is 4.98 Å². The van der Waals surface area contributed by atoms with Crippen LogP contribution >= 0.6 is 11.6 Å². The average molecular weight is 468 g/mol. The average Bonchev–Trinajstić information content (AvgIpc) is 3.31. The van der Waals surface area contributed by atoms with Crippen LogP contribution in [0.25, 0.3) is 11.3 Å². The Hall–Kier alpha value is -3.32. The molecule has 2 heterocycles. The predicted octanol–water partition coefficient (Wildman–Crippen LogP) is 4.13. The molecule has 4 rings (SSSR count). The minimum Gasteiger partial charge on any atom is -0.456 e. The molecule has 8 heteroatoms. The van der Waals surface area contributed by atoms with Crippen molar-refractivity contribution in [3.05, 3.63) is 71.2 Å². The topological polar surface area (TPSA) is 75.9 Å². The molecule has 0 N–H and O–H groups in total. The summed E-state index contributed by atoms with van der Waals surface area (Å²) >= 11 is 6.06. The van der Waals surface area contributed by atoms with Gasteiger partial charge in [-0.2, -0.15) is 0 Å². The maximum Gasteiger partial charge on any atom is 0.306 e. The Kier molecular flexibility index (Phi) is 7.29. The van der Waals surface area contributed by atoms with Gasteiger partial charge in [-0.1, -0.05) is 47.5 Å². The minimum absolute atomic E-state index is 0.101. The summed E-state index contributed by atoms with van der Waals surface area (Å²) in [5, 5.41) is 0.689. The number of carbonyl (C=O) groups excluding carboxylic acids is 2. The molecule has 0 radical (unpaired) electrons. The van der Waals surface area contributed by atoms with E-state index in [1.807, 2.05) is 55.5 Å². The zero-order valence-corrected chi connectivity index (χ0v) is 19.3. The zero-order valence-electron chi connectivity index (χ0n) is 18.5. The molecule has 172 valence electrons. The molecule has 1 aromatic heterocycles. The number of aryl methyl sites for hydroxylation is 2. The number of amides is 1. The second kappa shape index (κ2) is 10.5. The smallest absolute Gasteiger partial charge is 0.306 e. The van der Waals surface area contributed by atoms with Crippen molar-refractivity contribution in [1.82, 2.24) is 9.88 Å². The maximum atomic E-state index is 12.4. The van der Waals surface area contributed by atoms with Gasteiger partial charge < -0.3 is 19.0 Å². The van der Waals surface area contributed by atoms with Crippen LogP contribution in [0.2, 0.25) is 5.02 Å². The first-order chi connectivity index (χ1) is 16.0. The first-order valence-corrected chi connectivity index (χ1v) is 11.3. The third-order valence-corrected chi connectivity index (χ3v) is 5.83. The molecule has 0 spiro atoms. The molecule has 2 aromatic carbocycles. The molecule has 0 saturated carbocycles. The lowest BCUT2D eigenvalue weighted by atomic mass is 10.1. The van der Waals surface area contributed by atoms with Gasteiger partial charge in [0.2, 0.25) is 0 Å². The van der Waals surface area contributed by atoms with Crippen LogP contribution in [0.3, 0.4) is 0 Å². The lowest BCUT2D eigenvalue weighted by molar-refractivity contribution is -0.152. The summed E-state index contributed by atoms with van der Waals surface area (Å²) in [6, 6.07) is 15.6. The number of piperazine rings is 1. The van der Waals surface area contributed by atoms with E-state index in [0.717, 1.165) is 11.3 Å². The number of rotatable bonds is 7. The molecule has 33 heavy (non-hydrogen) atoms. The highest BCUT2D eigenvalue weighted by atomic mass is 35.5. The number of anilines is 1. The van der Waals surface area contributed by atoms with Crippen molar-refractivity contribution in [1.29, 1.82) is 0 Å². The predicted molar refractivity (Wildman–Crippen MR) is 126 cm³/mol. The largest absolute Gasteiger partial charge is 0.456 e. The number of hydrogen-bond acceptors (Lipinski definition) is 6. The summed E-state index contributed by atoms with van der Waals surface area (Å²) < 4.78 is 10.9. The van der Waals surface area contributed by atoms with Gasteiger partial charge in [0.05, 0.1) is 12.6 Å².